The molecule has 2 aromatic rings. The fourth-order valence-corrected chi connectivity index (χ4v) is 5.46. The molecule has 2 aliphatic rings. The number of hydrogen-bond acceptors (Lipinski definition) is 7. The van der Waals surface area contributed by atoms with Crippen molar-refractivity contribution < 1.29 is 22.8 Å². The minimum absolute atomic E-state index is 0.113. The third-order valence-corrected chi connectivity index (χ3v) is 7.78. The van der Waals surface area contributed by atoms with E-state index in [0.29, 0.717) is 31.0 Å². The first kappa shape index (κ1) is 24.9. The van der Waals surface area contributed by atoms with E-state index in [1.54, 1.807) is 11.2 Å². The Balaban J connectivity index is 1.47. The molecule has 3 heterocycles. The van der Waals surface area contributed by atoms with Crippen molar-refractivity contribution in [1.82, 2.24) is 14.3 Å². The molecule has 186 valence electrons. The molecule has 1 aromatic carbocycles. The average Bonchev–Trinajstić information content (AvgIpc) is 3.27. The lowest BCUT2D eigenvalue weighted by Crippen LogP contribution is -2.39. The summed E-state index contributed by atoms with van der Waals surface area (Å²) in [4.78, 5) is 10.0. The van der Waals surface area contributed by atoms with Crippen LogP contribution in [-0.2, 0) is 17.3 Å². The quantitative estimate of drug-likeness (QED) is 0.555. The van der Waals surface area contributed by atoms with E-state index in [9.17, 15) is 18.4 Å². The fourth-order valence-electron chi connectivity index (χ4n) is 4.74. The molecule has 11 heteroatoms. The maximum atomic E-state index is 15.4. The molecule has 4 rings (SSSR count). The van der Waals surface area contributed by atoms with Crippen LogP contribution in [0.5, 0.6) is 5.75 Å². The number of benzene rings is 1. The molecule has 2 N–H and O–H groups in total. The number of anilines is 2. The summed E-state index contributed by atoms with van der Waals surface area (Å²) < 4.78 is 56.2. The van der Waals surface area contributed by atoms with Crippen molar-refractivity contribution in [2.45, 2.75) is 44.6 Å². The number of alkyl halides is 2. The molecule has 0 saturated carbocycles. The zero-order valence-electron chi connectivity index (χ0n) is 19.3. The lowest BCUT2D eigenvalue weighted by Gasteiger charge is -2.31. The first-order chi connectivity index (χ1) is 16.1. The molecular weight excluding hydrogens is 467 g/mol. The van der Waals surface area contributed by atoms with Crippen molar-refractivity contribution in [3.05, 3.63) is 41.5 Å². The summed E-state index contributed by atoms with van der Waals surface area (Å²) in [6.07, 6.45) is 6.10. The van der Waals surface area contributed by atoms with Gasteiger partial charge in [0.25, 0.3) is 5.92 Å². The van der Waals surface area contributed by atoms with Gasteiger partial charge in [0, 0.05) is 55.6 Å². The van der Waals surface area contributed by atoms with Gasteiger partial charge in [-0.2, -0.15) is 4.39 Å². The summed E-state index contributed by atoms with van der Waals surface area (Å²) in [5, 5.41) is 13.6. The van der Waals surface area contributed by atoms with Gasteiger partial charge in [-0.15, -0.1) is 4.31 Å². The lowest BCUT2D eigenvalue weighted by atomic mass is 9.98. The van der Waals surface area contributed by atoms with E-state index in [-0.39, 0.29) is 29.0 Å². The Morgan fingerprint density at radius 1 is 1.21 bits per heavy atom. The molecule has 0 radical (unpaired) electrons. The number of aromatic hydroxyl groups is 1. The number of rotatable bonds is 7. The fraction of sp³-hybridized carbons (Fsp3) is 0.565. The van der Waals surface area contributed by atoms with Crippen LogP contribution in [0.25, 0.3) is 0 Å². The number of phenols is 1. The standard InChI is InChI=1S/C23H30F3N5O2S/c1-23(25,26)16-5-6-17(19(32)12-16)18-4-3-9-31(18)22-20(24)21(28-14-29-22)27-13-15-7-10-30(11-8-15)34(2)33/h5-6,12,14-15,18,32H,3-4,7-11,13H2,1-2H3,(H,27,28,29). The Kier molecular flexibility index (Phi) is 7.44. The van der Waals surface area contributed by atoms with E-state index >= 15 is 4.39 Å². The Morgan fingerprint density at radius 3 is 2.59 bits per heavy atom. The van der Waals surface area contributed by atoms with Gasteiger partial charge in [0.15, 0.2) is 11.6 Å². The smallest absolute Gasteiger partial charge is 0.270 e. The van der Waals surface area contributed by atoms with Crippen molar-refractivity contribution >= 4 is 23.0 Å². The Hall–Kier alpha value is -2.24. The van der Waals surface area contributed by atoms with Gasteiger partial charge in [-0.1, -0.05) is 12.1 Å². The molecule has 0 spiro atoms. The van der Waals surface area contributed by atoms with Gasteiger partial charge >= 0.3 is 0 Å². The van der Waals surface area contributed by atoms with Crippen LogP contribution < -0.4 is 10.2 Å². The summed E-state index contributed by atoms with van der Waals surface area (Å²) in [6.45, 7) is 3.34. The lowest BCUT2D eigenvalue weighted by molar-refractivity contribution is 0.0172. The maximum Gasteiger partial charge on any atom is 0.270 e. The van der Waals surface area contributed by atoms with Gasteiger partial charge in [-0.25, -0.2) is 18.7 Å². The summed E-state index contributed by atoms with van der Waals surface area (Å²) in [5.41, 5.74) is 0.201. The van der Waals surface area contributed by atoms with Crippen LogP contribution in [0.3, 0.4) is 0 Å². The van der Waals surface area contributed by atoms with Crippen LogP contribution in [-0.4, -0.2) is 56.4 Å². The van der Waals surface area contributed by atoms with Crippen LogP contribution >= 0.6 is 0 Å². The molecule has 2 saturated heterocycles. The largest absolute Gasteiger partial charge is 0.598 e. The number of halogens is 3. The van der Waals surface area contributed by atoms with E-state index in [1.165, 1.54) is 18.5 Å². The molecule has 2 aliphatic heterocycles. The molecule has 7 nitrogen and oxygen atoms in total. The van der Waals surface area contributed by atoms with Crippen LogP contribution in [0, 0.1) is 11.7 Å². The van der Waals surface area contributed by atoms with Crippen molar-refractivity contribution in [2.75, 3.05) is 42.7 Å². The maximum absolute atomic E-state index is 15.4. The highest BCUT2D eigenvalue weighted by molar-refractivity contribution is 7.88. The number of hydrogen-bond donors (Lipinski definition) is 2. The summed E-state index contributed by atoms with van der Waals surface area (Å²) in [7, 11) is 0. The van der Waals surface area contributed by atoms with Crippen molar-refractivity contribution in [1.29, 1.82) is 0 Å². The Morgan fingerprint density at radius 2 is 1.94 bits per heavy atom. The predicted octanol–water partition coefficient (Wildman–Crippen LogP) is 4.19. The monoisotopic (exact) mass is 497 g/mol. The van der Waals surface area contributed by atoms with Crippen LogP contribution in [0.1, 0.15) is 49.8 Å². The van der Waals surface area contributed by atoms with E-state index in [0.717, 1.165) is 45.3 Å². The summed E-state index contributed by atoms with van der Waals surface area (Å²) in [5.74, 6) is -3.30. The average molecular weight is 498 g/mol. The van der Waals surface area contributed by atoms with E-state index in [2.05, 4.69) is 15.3 Å². The van der Waals surface area contributed by atoms with Crippen molar-refractivity contribution in [3.63, 3.8) is 0 Å². The molecular formula is C23H30F3N5O2S. The normalized spacial score (nSPS) is 21.1. The second-order valence-electron chi connectivity index (χ2n) is 9.05. The third kappa shape index (κ3) is 5.36. The van der Waals surface area contributed by atoms with Crippen molar-refractivity contribution in [3.8, 4) is 5.75 Å². The van der Waals surface area contributed by atoms with E-state index in [1.807, 2.05) is 4.31 Å². The molecule has 2 unspecified atom stereocenters. The third-order valence-electron chi connectivity index (χ3n) is 6.69. The van der Waals surface area contributed by atoms with Crippen LogP contribution in [0.15, 0.2) is 24.5 Å². The van der Waals surface area contributed by atoms with Gasteiger partial charge in [-0.3, -0.25) is 0 Å². The highest BCUT2D eigenvalue weighted by Gasteiger charge is 2.33. The van der Waals surface area contributed by atoms with Gasteiger partial charge in [0.05, 0.1) is 6.04 Å². The molecule has 1 aromatic heterocycles. The molecule has 0 amide bonds. The summed E-state index contributed by atoms with van der Waals surface area (Å²) in [6, 6.07) is 3.48. The minimum Gasteiger partial charge on any atom is -0.598 e. The number of aromatic nitrogens is 2. The number of nitrogens with zero attached hydrogens (tertiary/aromatic N) is 4. The molecule has 0 bridgehead atoms. The molecule has 2 atom stereocenters. The van der Waals surface area contributed by atoms with E-state index in [4.69, 9.17) is 0 Å². The van der Waals surface area contributed by atoms with Crippen LogP contribution in [0.2, 0.25) is 0 Å². The minimum atomic E-state index is -3.06. The second kappa shape index (κ2) is 10.2. The van der Waals surface area contributed by atoms with Gasteiger partial charge in [0.1, 0.15) is 18.3 Å². The zero-order valence-corrected chi connectivity index (χ0v) is 20.1. The molecule has 34 heavy (non-hydrogen) atoms. The van der Waals surface area contributed by atoms with Crippen molar-refractivity contribution in [2.24, 2.45) is 5.92 Å². The number of piperidine rings is 1. The highest BCUT2D eigenvalue weighted by atomic mass is 32.2. The van der Waals surface area contributed by atoms with Gasteiger partial charge in [-0.05, 0) is 37.7 Å². The van der Waals surface area contributed by atoms with Crippen LogP contribution in [0.4, 0.5) is 24.8 Å². The second-order valence-corrected chi connectivity index (χ2v) is 10.4. The molecule has 2 fully saturated rings. The first-order valence-electron chi connectivity index (χ1n) is 11.5. The summed E-state index contributed by atoms with van der Waals surface area (Å²) >= 11 is -0.970. The predicted molar refractivity (Wildman–Crippen MR) is 126 cm³/mol. The highest BCUT2D eigenvalue weighted by Crippen LogP contribution is 2.42. The van der Waals surface area contributed by atoms with Gasteiger partial charge < -0.3 is 19.9 Å². The van der Waals surface area contributed by atoms with Gasteiger partial charge in [0.2, 0.25) is 5.82 Å². The molecule has 0 aliphatic carbocycles. The topological polar surface area (TPSA) is 87.6 Å². The van der Waals surface area contributed by atoms with E-state index < -0.39 is 23.1 Å². The number of phenolic OH excluding ortho intramolecular Hbond substituents is 1. The first-order valence-corrected chi connectivity index (χ1v) is 13.0. The SMILES string of the molecule is C[S+]([O-])N1CCC(CNc2ncnc(N3CCCC3c3ccc(C(C)(F)F)cc3O)c2F)CC1. The zero-order chi connectivity index (χ0) is 24.5. The number of nitrogens with one attached hydrogen (secondary N) is 1. The Labute approximate surface area is 200 Å². The Bertz CT molecular complexity index is 999.